The highest BCUT2D eigenvalue weighted by Crippen LogP contribution is 2.16. The zero-order valence-corrected chi connectivity index (χ0v) is 12.5. The Kier molecular flexibility index (Phi) is 5.74. The molecule has 0 spiro atoms. The van der Waals surface area contributed by atoms with Crippen LogP contribution in [0.5, 0.6) is 0 Å². The molecule has 1 amide bonds. The van der Waals surface area contributed by atoms with Gasteiger partial charge in [0.2, 0.25) is 5.91 Å². The zero-order valence-electron chi connectivity index (χ0n) is 11.7. The Balaban J connectivity index is 1.89. The van der Waals surface area contributed by atoms with E-state index in [4.69, 9.17) is 16.7 Å². The normalized spacial score (nSPS) is 10.5. The minimum Gasteiger partial charge on any atom is -0.395 e. The second-order valence-electron chi connectivity index (χ2n) is 4.59. The van der Waals surface area contributed by atoms with Crippen LogP contribution in [0.2, 0.25) is 5.02 Å². The summed E-state index contributed by atoms with van der Waals surface area (Å²) in [6, 6.07) is 4.36. The maximum Gasteiger partial charge on any atom is 0.241 e. The van der Waals surface area contributed by atoms with Gasteiger partial charge in [0.05, 0.1) is 18.5 Å². The van der Waals surface area contributed by atoms with Crippen molar-refractivity contribution in [2.45, 2.75) is 13.1 Å². The quantitative estimate of drug-likeness (QED) is 0.718. The van der Waals surface area contributed by atoms with E-state index in [1.165, 1.54) is 16.8 Å². The van der Waals surface area contributed by atoms with Crippen LogP contribution in [0.25, 0.3) is 0 Å². The van der Waals surface area contributed by atoms with Gasteiger partial charge in [-0.05, 0) is 18.2 Å². The Bertz CT molecular complexity index is 648. The second-order valence-corrected chi connectivity index (χ2v) is 5.03. The van der Waals surface area contributed by atoms with Crippen LogP contribution in [-0.2, 0) is 17.9 Å². The van der Waals surface area contributed by atoms with Gasteiger partial charge in [-0.25, -0.2) is 4.39 Å². The van der Waals surface area contributed by atoms with Crippen molar-refractivity contribution in [3.63, 3.8) is 0 Å². The monoisotopic (exact) mass is 326 g/mol. The molecule has 0 fully saturated rings. The third kappa shape index (κ3) is 4.71. The zero-order chi connectivity index (χ0) is 15.9. The smallest absolute Gasteiger partial charge is 0.241 e. The number of amides is 1. The van der Waals surface area contributed by atoms with Crippen molar-refractivity contribution < 1.29 is 14.3 Å². The largest absolute Gasteiger partial charge is 0.395 e. The predicted molar refractivity (Wildman–Crippen MR) is 81.1 cm³/mol. The van der Waals surface area contributed by atoms with Gasteiger partial charge in [0.1, 0.15) is 12.4 Å². The molecule has 1 aromatic carbocycles. The minimum absolute atomic E-state index is 0.0488. The molecule has 0 saturated heterocycles. The highest BCUT2D eigenvalue weighted by Gasteiger charge is 2.06. The van der Waals surface area contributed by atoms with Crippen LogP contribution >= 0.6 is 11.6 Å². The molecule has 2 aromatic rings. The first kappa shape index (κ1) is 16.3. The van der Waals surface area contributed by atoms with Crippen LogP contribution in [0.1, 0.15) is 5.56 Å². The summed E-state index contributed by atoms with van der Waals surface area (Å²) in [4.78, 5) is 11.5. The summed E-state index contributed by atoms with van der Waals surface area (Å²) >= 11 is 5.83. The third-order valence-electron chi connectivity index (χ3n) is 2.86. The highest BCUT2D eigenvalue weighted by atomic mass is 35.5. The van der Waals surface area contributed by atoms with Crippen molar-refractivity contribution >= 4 is 23.2 Å². The SMILES string of the molecule is O=C(Cn1cc(NCc2cc(Cl)ccc2F)cn1)NCCO. The maximum atomic E-state index is 13.6. The van der Waals surface area contributed by atoms with E-state index in [0.29, 0.717) is 16.3 Å². The van der Waals surface area contributed by atoms with Gasteiger partial charge in [-0.3, -0.25) is 9.48 Å². The Hall–Kier alpha value is -2.12. The number of anilines is 1. The van der Waals surface area contributed by atoms with E-state index < -0.39 is 0 Å². The summed E-state index contributed by atoms with van der Waals surface area (Å²) in [7, 11) is 0. The number of nitrogens with zero attached hydrogens (tertiary/aromatic N) is 2. The molecule has 1 heterocycles. The van der Waals surface area contributed by atoms with Gasteiger partial charge in [-0.15, -0.1) is 0 Å². The molecule has 0 unspecified atom stereocenters. The Morgan fingerprint density at radius 1 is 1.45 bits per heavy atom. The van der Waals surface area contributed by atoms with Gasteiger partial charge >= 0.3 is 0 Å². The number of rotatable bonds is 7. The molecule has 2 rings (SSSR count). The van der Waals surface area contributed by atoms with Crippen LogP contribution < -0.4 is 10.6 Å². The average Bonchev–Trinajstić information content (AvgIpc) is 2.93. The van der Waals surface area contributed by atoms with Crippen molar-refractivity contribution in [1.82, 2.24) is 15.1 Å². The Morgan fingerprint density at radius 2 is 2.27 bits per heavy atom. The number of aromatic nitrogens is 2. The Morgan fingerprint density at radius 3 is 3.05 bits per heavy atom. The molecular formula is C14H16ClFN4O2. The minimum atomic E-state index is -0.340. The van der Waals surface area contributed by atoms with E-state index in [-0.39, 0.29) is 38.0 Å². The first-order valence-corrected chi connectivity index (χ1v) is 7.04. The van der Waals surface area contributed by atoms with Gasteiger partial charge < -0.3 is 15.7 Å². The van der Waals surface area contributed by atoms with E-state index in [1.807, 2.05) is 0 Å². The number of aliphatic hydroxyl groups excluding tert-OH is 1. The predicted octanol–water partition coefficient (Wildman–Crippen LogP) is 1.40. The molecule has 0 aliphatic heterocycles. The van der Waals surface area contributed by atoms with Crippen LogP contribution in [-0.4, -0.2) is 33.9 Å². The van der Waals surface area contributed by atoms with Gasteiger partial charge in [-0.2, -0.15) is 5.10 Å². The first-order valence-electron chi connectivity index (χ1n) is 6.66. The topological polar surface area (TPSA) is 79.2 Å². The number of halogens is 2. The lowest BCUT2D eigenvalue weighted by molar-refractivity contribution is -0.122. The van der Waals surface area contributed by atoms with Crippen molar-refractivity contribution in [1.29, 1.82) is 0 Å². The van der Waals surface area contributed by atoms with Crippen molar-refractivity contribution in [2.75, 3.05) is 18.5 Å². The molecular weight excluding hydrogens is 311 g/mol. The fraction of sp³-hybridized carbons (Fsp3) is 0.286. The molecule has 0 saturated carbocycles. The number of carbonyl (C=O) groups excluding carboxylic acids is 1. The number of hydrogen-bond donors (Lipinski definition) is 3. The van der Waals surface area contributed by atoms with Gasteiger partial charge in [0, 0.05) is 29.9 Å². The van der Waals surface area contributed by atoms with E-state index in [1.54, 1.807) is 18.5 Å². The number of hydrogen-bond acceptors (Lipinski definition) is 4. The van der Waals surface area contributed by atoms with E-state index in [0.717, 1.165) is 0 Å². The van der Waals surface area contributed by atoms with Crippen LogP contribution in [0.4, 0.5) is 10.1 Å². The molecule has 3 N–H and O–H groups in total. The standard InChI is InChI=1S/C14H16ClFN4O2/c15-11-1-2-13(16)10(5-11)6-18-12-7-19-20(8-12)9-14(22)17-3-4-21/h1-2,5,7-8,18,21H,3-4,6,9H2,(H,17,22). The second kappa shape index (κ2) is 7.77. The molecule has 1 aromatic heterocycles. The molecule has 118 valence electrons. The number of carbonyl (C=O) groups is 1. The van der Waals surface area contributed by atoms with Crippen LogP contribution in [0.15, 0.2) is 30.6 Å². The number of benzene rings is 1. The molecule has 0 bridgehead atoms. The fourth-order valence-corrected chi connectivity index (χ4v) is 2.01. The van der Waals surface area contributed by atoms with E-state index >= 15 is 0 Å². The molecule has 0 radical (unpaired) electrons. The Labute approximate surface area is 131 Å². The van der Waals surface area contributed by atoms with E-state index in [9.17, 15) is 9.18 Å². The van der Waals surface area contributed by atoms with Gasteiger partial charge in [0.15, 0.2) is 0 Å². The third-order valence-corrected chi connectivity index (χ3v) is 3.10. The number of nitrogens with one attached hydrogen (secondary N) is 2. The van der Waals surface area contributed by atoms with Crippen molar-refractivity contribution in [3.8, 4) is 0 Å². The lowest BCUT2D eigenvalue weighted by Crippen LogP contribution is -2.30. The lowest BCUT2D eigenvalue weighted by atomic mass is 10.2. The average molecular weight is 327 g/mol. The summed E-state index contributed by atoms with van der Waals surface area (Å²) in [5, 5.41) is 18.7. The molecule has 0 aliphatic rings. The molecule has 8 heteroatoms. The van der Waals surface area contributed by atoms with Crippen LogP contribution in [0, 0.1) is 5.82 Å². The first-order chi connectivity index (χ1) is 10.6. The summed E-state index contributed by atoms with van der Waals surface area (Å²) in [6.45, 7) is 0.407. The van der Waals surface area contributed by atoms with Crippen molar-refractivity contribution in [2.24, 2.45) is 0 Å². The summed E-state index contributed by atoms with van der Waals surface area (Å²) in [5.74, 6) is -0.586. The molecule has 6 nitrogen and oxygen atoms in total. The fourth-order valence-electron chi connectivity index (χ4n) is 1.82. The number of aliphatic hydroxyl groups is 1. The highest BCUT2D eigenvalue weighted by molar-refractivity contribution is 6.30. The van der Waals surface area contributed by atoms with E-state index in [2.05, 4.69) is 15.7 Å². The van der Waals surface area contributed by atoms with Crippen molar-refractivity contribution in [3.05, 3.63) is 47.0 Å². The maximum absolute atomic E-state index is 13.6. The summed E-state index contributed by atoms with van der Waals surface area (Å²) in [6.07, 6.45) is 3.18. The van der Waals surface area contributed by atoms with Crippen LogP contribution in [0.3, 0.4) is 0 Å². The van der Waals surface area contributed by atoms with Gasteiger partial charge in [-0.1, -0.05) is 11.6 Å². The molecule has 22 heavy (non-hydrogen) atoms. The molecule has 0 aliphatic carbocycles. The summed E-state index contributed by atoms with van der Waals surface area (Å²) in [5.41, 5.74) is 1.11. The molecule has 0 atom stereocenters. The lowest BCUT2D eigenvalue weighted by Gasteiger charge is -2.06. The van der Waals surface area contributed by atoms with Gasteiger partial charge in [0.25, 0.3) is 0 Å². The summed E-state index contributed by atoms with van der Waals surface area (Å²) < 4.78 is 15.0.